The van der Waals surface area contributed by atoms with Crippen molar-refractivity contribution in [1.82, 2.24) is 5.32 Å². The van der Waals surface area contributed by atoms with E-state index in [1.54, 1.807) is 24.3 Å². The SMILES string of the molecule is COc1ccccc1C(=O)NCCCOCC(F)(F)F. The number of carbonyl (C=O) groups is 1. The predicted octanol–water partition coefficient (Wildman–Crippen LogP) is 2.39. The molecule has 1 rings (SSSR count). The van der Waals surface area contributed by atoms with E-state index >= 15 is 0 Å². The van der Waals surface area contributed by atoms with Gasteiger partial charge in [0.25, 0.3) is 5.91 Å². The smallest absolute Gasteiger partial charge is 0.411 e. The molecule has 0 heterocycles. The summed E-state index contributed by atoms with van der Waals surface area (Å²) < 4.78 is 44.8. The van der Waals surface area contributed by atoms with Gasteiger partial charge in [-0.1, -0.05) is 12.1 Å². The number of amides is 1. The molecule has 0 aliphatic heterocycles. The number of alkyl halides is 3. The molecular weight excluding hydrogens is 275 g/mol. The third kappa shape index (κ3) is 5.92. The molecule has 0 bridgehead atoms. The molecule has 1 aromatic rings. The van der Waals surface area contributed by atoms with Crippen molar-refractivity contribution in [3.05, 3.63) is 29.8 Å². The van der Waals surface area contributed by atoms with Crippen LogP contribution in [0.1, 0.15) is 16.8 Å². The number of benzene rings is 1. The van der Waals surface area contributed by atoms with Crippen molar-refractivity contribution in [2.24, 2.45) is 0 Å². The Morgan fingerprint density at radius 2 is 2.00 bits per heavy atom. The first-order valence-electron chi connectivity index (χ1n) is 6.00. The van der Waals surface area contributed by atoms with Crippen LogP contribution in [-0.4, -0.2) is 39.0 Å². The Bertz CT molecular complexity index is 435. The monoisotopic (exact) mass is 291 g/mol. The maximum Gasteiger partial charge on any atom is 0.411 e. The summed E-state index contributed by atoms with van der Waals surface area (Å²) in [6, 6.07) is 6.69. The van der Waals surface area contributed by atoms with Crippen molar-refractivity contribution in [2.75, 3.05) is 26.9 Å². The van der Waals surface area contributed by atoms with Crippen LogP contribution in [0.15, 0.2) is 24.3 Å². The number of carbonyl (C=O) groups excluding carboxylic acids is 1. The van der Waals surface area contributed by atoms with Crippen LogP contribution < -0.4 is 10.1 Å². The molecule has 0 aromatic heterocycles. The van der Waals surface area contributed by atoms with Crippen molar-refractivity contribution in [3.63, 3.8) is 0 Å². The van der Waals surface area contributed by atoms with Gasteiger partial charge in [0.2, 0.25) is 0 Å². The van der Waals surface area contributed by atoms with Crippen LogP contribution in [0, 0.1) is 0 Å². The van der Waals surface area contributed by atoms with Gasteiger partial charge in [-0.3, -0.25) is 4.79 Å². The fourth-order valence-electron chi connectivity index (χ4n) is 1.49. The summed E-state index contributed by atoms with van der Waals surface area (Å²) in [7, 11) is 1.46. The maximum absolute atomic E-state index is 11.8. The molecule has 0 saturated carbocycles. The average Bonchev–Trinajstić information content (AvgIpc) is 2.41. The van der Waals surface area contributed by atoms with Crippen molar-refractivity contribution in [3.8, 4) is 5.75 Å². The van der Waals surface area contributed by atoms with Crippen LogP contribution in [0.25, 0.3) is 0 Å². The zero-order valence-electron chi connectivity index (χ0n) is 11.0. The van der Waals surface area contributed by atoms with Gasteiger partial charge in [0.1, 0.15) is 12.4 Å². The lowest BCUT2D eigenvalue weighted by atomic mass is 10.2. The Morgan fingerprint density at radius 1 is 1.30 bits per heavy atom. The highest BCUT2D eigenvalue weighted by atomic mass is 19.4. The fraction of sp³-hybridized carbons (Fsp3) is 0.462. The van der Waals surface area contributed by atoms with Crippen molar-refractivity contribution in [1.29, 1.82) is 0 Å². The Balaban J connectivity index is 2.27. The first kappa shape index (κ1) is 16.3. The number of hydrogen-bond acceptors (Lipinski definition) is 3. The van der Waals surface area contributed by atoms with Crippen LogP contribution in [-0.2, 0) is 4.74 Å². The lowest BCUT2D eigenvalue weighted by Gasteiger charge is -2.10. The summed E-state index contributed by atoms with van der Waals surface area (Å²) in [6.45, 7) is -1.10. The van der Waals surface area contributed by atoms with Crippen molar-refractivity contribution in [2.45, 2.75) is 12.6 Å². The Morgan fingerprint density at radius 3 is 2.65 bits per heavy atom. The molecule has 0 aliphatic carbocycles. The summed E-state index contributed by atoms with van der Waals surface area (Å²) in [5.74, 6) is 0.108. The van der Waals surface area contributed by atoms with Crippen LogP contribution in [0.3, 0.4) is 0 Å². The van der Waals surface area contributed by atoms with Crippen LogP contribution >= 0.6 is 0 Å². The number of ether oxygens (including phenoxy) is 2. The fourth-order valence-corrected chi connectivity index (χ4v) is 1.49. The van der Waals surface area contributed by atoms with Crippen LogP contribution in [0.4, 0.5) is 13.2 Å². The van der Waals surface area contributed by atoms with E-state index < -0.39 is 12.8 Å². The lowest BCUT2D eigenvalue weighted by molar-refractivity contribution is -0.173. The topological polar surface area (TPSA) is 47.6 Å². The highest BCUT2D eigenvalue weighted by Gasteiger charge is 2.27. The van der Waals surface area contributed by atoms with Crippen molar-refractivity contribution < 1.29 is 27.4 Å². The van der Waals surface area contributed by atoms with E-state index in [2.05, 4.69) is 10.1 Å². The summed E-state index contributed by atoms with van der Waals surface area (Å²) in [4.78, 5) is 11.8. The first-order valence-corrected chi connectivity index (χ1v) is 6.00. The summed E-state index contributed by atoms with van der Waals surface area (Å²) in [5.41, 5.74) is 0.381. The van der Waals surface area contributed by atoms with Gasteiger partial charge >= 0.3 is 6.18 Å². The number of hydrogen-bond donors (Lipinski definition) is 1. The van der Waals surface area contributed by atoms with Crippen LogP contribution in [0.5, 0.6) is 5.75 Å². The van der Waals surface area contributed by atoms with E-state index in [1.807, 2.05) is 0 Å². The van der Waals surface area contributed by atoms with Gasteiger partial charge in [0, 0.05) is 13.2 Å². The number of nitrogens with one attached hydrogen (secondary N) is 1. The largest absolute Gasteiger partial charge is 0.496 e. The number of halogens is 3. The molecule has 0 radical (unpaired) electrons. The molecule has 0 spiro atoms. The highest BCUT2D eigenvalue weighted by Crippen LogP contribution is 2.17. The minimum absolute atomic E-state index is 0.0638. The Hall–Kier alpha value is -1.76. The molecular formula is C13H16F3NO3. The molecule has 0 saturated heterocycles. The first-order chi connectivity index (χ1) is 9.44. The summed E-state index contributed by atoms with van der Waals surface area (Å²) >= 11 is 0. The zero-order chi connectivity index (χ0) is 15.0. The Kier molecular flexibility index (Phi) is 6.30. The van der Waals surface area contributed by atoms with E-state index in [9.17, 15) is 18.0 Å². The van der Waals surface area contributed by atoms with Gasteiger partial charge in [0.05, 0.1) is 12.7 Å². The minimum Gasteiger partial charge on any atom is -0.496 e. The van der Waals surface area contributed by atoms with Crippen molar-refractivity contribution >= 4 is 5.91 Å². The molecule has 0 unspecified atom stereocenters. The molecule has 7 heteroatoms. The van der Waals surface area contributed by atoms with E-state index in [0.29, 0.717) is 17.7 Å². The van der Waals surface area contributed by atoms with Gasteiger partial charge in [-0.15, -0.1) is 0 Å². The highest BCUT2D eigenvalue weighted by molar-refractivity contribution is 5.96. The van der Waals surface area contributed by atoms with E-state index in [4.69, 9.17) is 4.74 Å². The van der Waals surface area contributed by atoms with Gasteiger partial charge in [0.15, 0.2) is 0 Å². The molecule has 20 heavy (non-hydrogen) atoms. The molecule has 0 aliphatic rings. The molecule has 1 N–H and O–H groups in total. The van der Waals surface area contributed by atoms with E-state index in [1.165, 1.54) is 7.11 Å². The lowest BCUT2D eigenvalue weighted by Crippen LogP contribution is -2.26. The molecule has 112 valence electrons. The third-order valence-electron chi connectivity index (χ3n) is 2.37. The Labute approximate surface area is 114 Å². The normalized spacial score (nSPS) is 11.2. The van der Waals surface area contributed by atoms with Gasteiger partial charge in [-0.25, -0.2) is 0 Å². The molecule has 4 nitrogen and oxygen atoms in total. The van der Waals surface area contributed by atoms with Gasteiger partial charge in [-0.2, -0.15) is 13.2 Å². The second-order valence-corrected chi connectivity index (χ2v) is 3.98. The zero-order valence-corrected chi connectivity index (χ0v) is 11.0. The van der Waals surface area contributed by atoms with Gasteiger partial charge in [-0.05, 0) is 18.6 Å². The number of methoxy groups -OCH3 is 1. The maximum atomic E-state index is 11.8. The summed E-state index contributed by atoms with van der Waals surface area (Å²) in [6.07, 6.45) is -4.02. The quantitative estimate of drug-likeness (QED) is 0.785. The summed E-state index contributed by atoms with van der Waals surface area (Å²) in [5, 5.41) is 2.59. The van der Waals surface area contributed by atoms with Crippen LogP contribution in [0.2, 0.25) is 0 Å². The predicted molar refractivity (Wildman–Crippen MR) is 66.8 cm³/mol. The van der Waals surface area contributed by atoms with E-state index in [-0.39, 0.29) is 19.1 Å². The molecule has 1 amide bonds. The minimum atomic E-state index is -4.32. The average molecular weight is 291 g/mol. The second-order valence-electron chi connectivity index (χ2n) is 3.98. The second kappa shape index (κ2) is 7.74. The third-order valence-corrected chi connectivity index (χ3v) is 2.37. The molecule has 1 aromatic carbocycles. The van der Waals surface area contributed by atoms with Gasteiger partial charge < -0.3 is 14.8 Å². The number of para-hydroxylation sites is 1. The standard InChI is InChI=1S/C13H16F3NO3/c1-19-11-6-3-2-5-10(11)12(18)17-7-4-8-20-9-13(14,15)16/h2-3,5-6H,4,7-9H2,1H3,(H,17,18). The molecule has 0 fully saturated rings. The number of rotatable bonds is 7. The molecule has 0 atom stereocenters. The van der Waals surface area contributed by atoms with E-state index in [0.717, 1.165) is 0 Å².